The summed E-state index contributed by atoms with van der Waals surface area (Å²) < 4.78 is 44.6. The molecule has 2 amide bonds. The lowest BCUT2D eigenvalue weighted by Crippen LogP contribution is -2.51. The van der Waals surface area contributed by atoms with Crippen molar-refractivity contribution < 1.29 is 27.2 Å². The molecule has 2 heterocycles. The molecule has 2 aromatic heterocycles. The van der Waals surface area contributed by atoms with Crippen LogP contribution in [0, 0.1) is 0 Å². The number of carbonyl (C=O) groups is 2. The third-order valence-corrected chi connectivity index (χ3v) is 8.37. The van der Waals surface area contributed by atoms with Gasteiger partial charge in [-0.25, -0.2) is 0 Å². The van der Waals surface area contributed by atoms with Gasteiger partial charge < -0.3 is 19.1 Å². The fraction of sp³-hybridized carbons (Fsp3) is 0.225. The van der Waals surface area contributed by atoms with Gasteiger partial charge in [0, 0.05) is 63.0 Å². The zero-order valence-corrected chi connectivity index (χ0v) is 28.0. The number of hydrogen-bond acceptors (Lipinski definition) is 5. The molecule has 0 aliphatic rings. The highest BCUT2D eigenvalue weighted by Gasteiger charge is 2.32. The van der Waals surface area contributed by atoms with Crippen LogP contribution in [0.15, 0.2) is 132 Å². The van der Waals surface area contributed by atoms with Crippen molar-refractivity contribution >= 4 is 17.9 Å². The number of alkyl halides is 3. The molecule has 1 unspecified atom stereocenters. The van der Waals surface area contributed by atoms with Gasteiger partial charge in [-0.05, 0) is 60.1 Å². The van der Waals surface area contributed by atoms with Crippen molar-refractivity contribution in [1.29, 1.82) is 0 Å². The van der Waals surface area contributed by atoms with Crippen molar-refractivity contribution in [2.75, 3.05) is 27.2 Å². The molecule has 0 N–H and O–H groups in total. The largest absolute Gasteiger partial charge is 0.472 e. The van der Waals surface area contributed by atoms with Crippen LogP contribution in [0.3, 0.4) is 0 Å². The first-order valence-electron chi connectivity index (χ1n) is 16.2. The summed E-state index contributed by atoms with van der Waals surface area (Å²) in [6.45, 7) is 1.78. The molecule has 258 valence electrons. The van der Waals surface area contributed by atoms with Gasteiger partial charge in [0.15, 0.2) is 0 Å². The van der Waals surface area contributed by atoms with Crippen molar-refractivity contribution in [2.24, 2.45) is 0 Å². The van der Waals surface area contributed by atoms with Crippen LogP contribution in [-0.4, -0.2) is 64.7 Å². The average Bonchev–Trinajstić information content (AvgIpc) is 3.64. The summed E-state index contributed by atoms with van der Waals surface area (Å²) in [5.74, 6) is -0.676. The molecule has 1 atom stereocenters. The topological polar surface area (TPSA) is 69.9 Å². The van der Waals surface area contributed by atoms with Crippen LogP contribution >= 0.6 is 0 Å². The number of amides is 2. The number of carbonyl (C=O) groups excluding carboxylic acids is 2. The van der Waals surface area contributed by atoms with Crippen LogP contribution in [0.25, 0.3) is 17.3 Å². The van der Waals surface area contributed by atoms with Crippen molar-refractivity contribution in [1.82, 2.24) is 19.7 Å². The van der Waals surface area contributed by atoms with Gasteiger partial charge in [0.25, 0.3) is 0 Å². The highest BCUT2D eigenvalue weighted by atomic mass is 19.4. The predicted molar refractivity (Wildman–Crippen MR) is 187 cm³/mol. The quantitative estimate of drug-likeness (QED) is 0.113. The van der Waals surface area contributed by atoms with Crippen LogP contribution in [0.2, 0.25) is 0 Å². The lowest BCUT2D eigenvalue weighted by atomic mass is 10.0. The van der Waals surface area contributed by atoms with Gasteiger partial charge >= 0.3 is 6.18 Å². The molecule has 3 aromatic carbocycles. The number of aromatic nitrogens is 1. The monoisotopic (exact) mass is 680 g/mol. The second-order valence-corrected chi connectivity index (χ2v) is 12.2. The van der Waals surface area contributed by atoms with Gasteiger partial charge in [-0.1, -0.05) is 72.8 Å². The number of likely N-dealkylation sites (N-methyl/N-ethyl adjacent to an activating group) is 2. The molecule has 0 saturated carbocycles. The van der Waals surface area contributed by atoms with E-state index < -0.39 is 23.7 Å². The van der Waals surface area contributed by atoms with Crippen LogP contribution < -0.4 is 0 Å². The molecule has 10 heteroatoms. The zero-order chi connectivity index (χ0) is 35.5. The Labute approximate surface area is 290 Å². The van der Waals surface area contributed by atoms with Crippen LogP contribution in [0.4, 0.5) is 13.2 Å². The molecule has 50 heavy (non-hydrogen) atoms. The van der Waals surface area contributed by atoms with E-state index in [9.17, 15) is 22.8 Å². The molecule has 0 saturated heterocycles. The first-order valence-corrected chi connectivity index (χ1v) is 16.2. The number of furan rings is 1. The molecule has 0 bridgehead atoms. The highest BCUT2D eigenvalue weighted by Crippen LogP contribution is 2.29. The van der Waals surface area contributed by atoms with E-state index in [1.807, 2.05) is 85.9 Å². The van der Waals surface area contributed by atoms with E-state index in [0.717, 1.165) is 40.1 Å². The fourth-order valence-corrected chi connectivity index (χ4v) is 5.53. The Morgan fingerprint density at radius 3 is 2.16 bits per heavy atom. The van der Waals surface area contributed by atoms with Crippen LogP contribution in [-0.2, 0) is 35.3 Å². The van der Waals surface area contributed by atoms with Gasteiger partial charge in [-0.3, -0.25) is 14.6 Å². The summed E-state index contributed by atoms with van der Waals surface area (Å²) in [6.07, 6.45) is 3.61. The average molecular weight is 681 g/mol. The van der Waals surface area contributed by atoms with Crippen molar-refractivity contribution in [3.05, 3.63) is 156 Å². The number of nitrogens with zero attached hydrogens (tertiary/aromatic N) is 4. The van der Waals surface area contributed by atoms with Gasteiger partial charge in [0.2, 0.25) is 11.8 Å². The smallest absolute Gasteiger partial charge is 0.416 e. The Hall–Kier alpha value is -5.48. The summed E-state index contributed by atoms with van der Waals surface area (Å²) in [5.41, 5.74) is 4.07. The summed E-state index contributed by atoms with van der Waals surface area (Å²) in [7, 11) is 3.69. The Bertz CT molecular complexity index is 1830. The van der Waals surface area contributed by atoms with Gasteiger partial charge in [0.05, 0.1) is 23.8 Å². The van der Waals surface area contributed by atoms with Gasteiger partial charge in [-0.15, -0.1) is 0 Å². The Kier molecular flexibility index (Phi) is 12.0. The van der Waals surface area contributed by atoms with Crippen molar-refractivity contribution in [3.8, 4) is 11.3 Å². The maximum Gasteiger partial charge on any atom is 0.416 e. The molecule has 0 spiro atoms. The standard InChI is InChI=1S/C40H39F3N4O3/c1-45(27-33-21-25-50-29-33)23-24-46(2)39(49)37(26-31-8-4-3-5-9-31)47(28-32-11-16-34(17-12-32)36-10-6-7-22-44-36)38(48)20-15-30-13-18-35(19-14-30)40(41,42)43/h3-22,25,29,37H,23-24,26-28H2,1-2H3. The zero-order valence-electron chi connectivity index (χ0n) is 28.0. The van der Waals surface area contributed by atoms with Gasteiger partial charge in [0.1, 0.15) is 6.04 Å². The number of halogens is 3. The molecule has 7 nitrogen and oxygen atoms in total. The van der Waals surface area contributed by atoms with E-state index in [0.29, 0.717) is 25.2 Å². The molecular weight excluding hydrogens is 641 g/mol. The minimum atomic E-state index is -4.47. The minimum absolute atomic E-state index is 0.121. The molecule has 0 radical (unpaired) electrons. The van der Waals surface area contributed by atoms with E-state index in [1.54, 1.807) is 30.7 Å². The summed E-state index contributed by atoms with van der Waals surface area (Å²) in [4.78, 5) is 38.1. The number of hydrogen-bond donors (Lipinski definition) is 0. The Morgan fingerprint density at radius 2 is 1.52 bits per heavy atom. The van der Waals surface area contributed by atoms with Crippen LogP contribution in [0.1, 0.15) is 27.8 Å². The summed E-state index contributed by atoms with van der Waals surface area (Å²) >= 11 is 0. The summed E-state index contributed by atoms with van der Waals surface area (Å²) in [5, 5.41) is 0. The first kappa shape index (κ1) is 35.8. The molecule has 5 aromatic rings. The molecule has 0 fully saturated rings. The van der Waals surface area contributed by atoms with Crippen molar-refractivity contribution in [3.63, 3.8) is 0 Å². The minimum Gasteiger partial charge on any atom is -0.472 e. The maximum atomic E-state index is 14.3. The van der Waals surface area contributed by atoms with E-state index in [1.165, 1.54) is 29.2 Å². The highest BCUT2D eigenvalue weighted by molar-refractivity contribution is 5.95. The molecule has 0 aliphatic carbocycles. The van der Waals surface area contributed by atoms with E-state index in [4.69, 9.17) is 4.42 Å². The fourth-order valence-electron chi connectivity index (χ4n) is 5.53. The lowest BCUT2D eigenvalue weighted by molar-refractivity contribution is -0.143. The van der Waals surface area contributed by atoms with Gasteiger partial charge in [-0.2, -0.15) is 13.2 Å². The van der Waals surface area contributed by atoms with E-state index in [-0.39, 0.29) is 18.9 Å². The second kappa shape index (κ2) is 16.8. The normalized spacial score (nSPS) is 12.3. The number of benzene rings is 3. The Balaban J connectivity index is 1.43. The maximum absolute atomic E-state index is 14.3. The third-order valence-electron chi connectivity index (χ3n) is 8.37. The molecule has 5 rings (SSSR count). The molecule has 0 aliphatic heterocycles. The SMILES string of the molecule is CN(CCN(C)C(=O)C(Cc1ccccc1)N(Cc1ccc(-c2ccccn2)cc1)C(=O)C=Cc1ccc(C(F)(F)F)cc1)Cc1ccoc1. The lowest BCUT2D eigenvalue weighted by Gasteiger charge is -2.34. The van der Waals surface area contributed by atoms with Crippen LogP contribution in [0.5, 0.6) is 0 Å². The number of pyridine rings is 1. The van der Waals surface area contributed by atoms with E-state index in [2.05, 4.69) is 9.88 Å². The first-order chi connectivity index (χ1) is 24.1. The number of rotatable bonds is 14. The Morgan fingerprint density at radius 1 is 0.800 bits per heavy atom. The second-order valence-electron chi connectivity index (χ2n) is 12.2. The van der Waals surface area contributed by atoms with E-state index >= 15 is 0 Å². The molecular formula is C40H39F3N4O3. The predicted octanol–water partition coefficient (Wildman–Crippen LogP) is 7.60. The third kappa shape index (κ3) is 10.0. The van der Waals surface area contributed by atoms with Crippen molar-refractivity contribution in [2.45, 2.75) is 31.7 Å². The summed E-state index contributed by atoms with van der Waals surface area (Å²) in [6, 6.07) is 28.4.